The Morgan fingerprint density at radius 2 is 1.06 bits per heavy atom. The molecule has 66 heavy (non-hydrogen) atoms. The van der Waals surface area contributed by atoms with Gasteiger partial charge in [0.2, 0.25) is 0 Å². The molecule has 0 spiro atoms. The summed E-state index contributed by atoms with van der Waals surface area (Å²) in [6.45, 7) is 0. The zero-order valence-electron chi connectivity index (χ0n) is 44.5. The van der Waals surface area contributed by atoms with Crippen molar-refractivity contribution in [1.82, 2.24) is 14.0 Å². The molecule has 0 N–H and O–H groups in total. The molecule has 314 valence electrons. The Hall–Kier alpha value is -8.11. The first-order valence-electron chi connectivity index (χ1n) is 26.0. The summed E-state index contributed by atoms with van der Waals surface area (Å²) in [7, 11) is 0. The molecule has 13 rings (SSSR count). The van der Waals surface area contributed by atoms with Gasteiger partial charge in [-0.15, -0.1) is 29.7 Å². The fourth-order valence-electron chi connectivity index (χ4n) is 9.26. The van der Waals surface area contributed by atoms with Crippen molar-refractivity contribution in [2.24, 2.45) is 0 Å². The Morgan fingerprint density at radius 3 is 1.77 bits per heavy atom. The maximum absolute atomic E-state index is 9.04. The standard InChI is InChI=1S/C60H36N4O.Pt/c1-3-17-40(18-4-1)45-27-14-28-46(41-19-5-2-6-20-41)58(45)63-39-62(55-32-11-12-33-56(55)63)42-21-13-22-43(37-42)65-44-34-35-51-53-30-15-29-52-49-25-9-7-23-47(49)48-24-8-10-26-50(48)54-31-16-36-61-60(54)64(59(52)53)57(51)38-44;/h1-36H;/q-2;/i1D,2D,3D,4D,5D,6D,17D,18D,19D,20D;. The Labute approximate surface area is 409 Å². The summed E-state index contributed by atoms with van der Waals surface area (Å²) in [5, 5.41) is 8.36. The second-order valence-electron chi connectivity index (χ2n) is 15.6. The van der Waals surface area contributed by atoms with E-state index in [9.17, 15) is 0 Å². The van der Waals surface area contributed by atoms with Crippen LogP contribution in [-0.2, 0) is 21.1 Å². The molecule has 0 unspecified atom stereocenters. The summed E-state index contributed by atoms with van der Waals surface area (Å²) in [5.41, 5.74) is 4.28. The van der Waals surface area contributed by atoms with Gasteiger partial charge in [0, 0.05) is 55.1 Å². The quantitative estimate of drug-likeness (QED) is 0.123. The minimum atomic E-state index is -0.574. The molecule has 0 saturated carbocycles. The second-order valence-corrected chi connectivity index (χ2v) is 15.6. The predicted octanol–water partition coefficient (Wildman–Crippen LogP) is 14.4. The smallest absolute Gasteiger partial charge is 0.268 e. The third-order valence-electron chi connectivity index (χ3n) is 12.0. The van der Waals surface area contributed by atoms with Gasteiger partial charge in [0.05, 0.1) is 30.4 Å². The Morgan fingerprint density at radius 1 is 0.500 bits per heavy atom. The first kappa shape index (κ1) is 30.1. The number of para-hydroxylation sites is 4. The van der Waals surface area contributed by atoms with E-state index < -0.39 is 60.4 Å². The van der Waals surface area contributed by atoms with Crippen LogP contribution < -0.4 is 9.30 Å². The molecule has 5 nitrogen and oxygen atoms in total. The van der Waals surface area contributed by atoms with E-state index >= 15 is 0 Å². The van der Waals surface area contributed by atoms with Crippen LogP contribution in [0.1, 0.15) is 13.7 Å². The van der Waals surface area contributed by atoms with Crippen LogP contribution >= 0.6 is 0 Å². The van der Waals surface area contributed by atoms with Crippen molar-refractivity contribution in [2.45, 2.75) is 0 Å². The normalized spacial score (nSPS) is 13.6. The number of benzene rings is 9. The topological polar surface area (TPSA) is 35.3 Å². The van der Waals surface area contributed by atoms with E-state index in [4.69, 9.17) is 23.4 Å². The van der Waals surface area contributed by atoms with Gasteiger partial charge in [-0.25, -0.2) is 4.98 Å². The van der Waals surface area contributed by atoms with E-state index in [2.05, 4.69) is 95.7 Å². The average Bonchev–Trinajstić information content (AvgIpc) is 4.05. The molecule has 0 aliphatic rings. The number of fused-ring (bicyclic) bond motifs is 11. The summed E-state index contributed by atoms with van der Waals surface area (Å²) >= 11 is 0. The van der Waals surface area contributed by atoms with Crippen LogP contribution in [0.2, 0.25) is 0 Å². The number of imidazole rings is 1. The van der Waals surface area contributed by atoms with E-state index in [1.807, 2.05) is 60.8 Å². The third kappa shape index (κ3) is 6.35. The van der Waals surface area contributed by atoms with Gasteiger partial charge in [0.15, 0.2) is 0 Å². The van der Waals surface area contributed by atoms with Crippen molar-refractivity contribution in [3.63, 3.8) is 0 Å². The molecule has 9 aromatic carbocycles. The van der Waals surface area contributed by atoms with E-state index in [1.165, 1.54) is 0 Å². The van der Waals surface area contributed by atoms with Gasteiger partial charge in [-0.1, -0.05) is 175 Å². The van der Waals surface area contributed by atoms with Crippen molar-refractivity contribution in [3.05, 3.63) is 237 Å². The summed E-state index contributed by atoms with van der Waals surface area (Å²) < 4.78 is 99.5. The Bertz CT molecular complexity index is 4530. The zero-order chi connectivity index (χ0) is 51.6. The number of aromatic nitrogens is 4. The summed E-state index contributed by atoms with van der Waals surface area (Å²) in [4.78, 5) is 5.06. The Balaban J connectivity index is 0.00000582. The first-order valence-corrected chi connectivity index (χ1v) is 21.0. The SMILES string of the molecule is [2H]c1c([2H])c([2H])c(-c2cccc(-c3c([2H])c([2H])c([2H])c([2H])c3[2H])c2-[n+]2[c-]n(-c3[c-]c(Oc4[c-]c5c(cc4)c4cccc6c7ccccc7c7ccccc7c7cccnc7n5c64)ccc3)c3ccccc32)c([2H])c1[2H].[Pt]. The second kappa shape index (κ2) is 16.2. The van der Waals surface area contributed by atoms with Gasteiger partial charge in [-0.2, -0.15) is 18.2 Å². The van der Waals surface area contributed by atoms with Gasteiger partial charge >= 0.3 is 0 Å². The molecule has 0 amide bonds. The van der Waals surface area contributed by atoms with Gasteiger partial charge in [-0.05, 0) is 67.0 Å². The van der Waals surface area contributed by atoms with Crippen molar-refractivity contribution in [2.75, 3.05) is 0 Å². The minimum absolute atomic E-state index is 0. The molecule has 13 aromatic rings. The summed E-state index contributed by atoms with van der Waals surface area (Å²) in [6.07, 6.45) is 5.23. The van der Waals surface area contributed by atoms with Crippen LogP contribution in [0.4, 0.5) is 0 Å². The first-order chi connectivity index (χ1) is 36.4. The molecular weight excluding hydrogens is 988 g/mol. The number of ether oxygens (including phenoxy) is 1. The van der Waals surface area contributed by atoms with Crippen LogP contribution in [0.5, 0.6) is 11.5 Å². The fourth-order valence-corrected chi connectivity index (χ4v) is 9.26. The van der Waals surface area contributed by atoms with Crippen LogP contribution in [-0.4, -0.2) is 14.0 Å². The molecule has 0 aliphatic heterocycles. The molecule has 0 atom stereocenters. The van der Waals surface area contributed by atoms with E-state index in [0.717, 1.165) is 59.8 Å². The summed E-state index contributed by atoms with van der Waals surface area (Å²) in [6, 6.07) is 50.5. The average molecular weight is 1030 g/mol. The van der Waals surface area contributed by atoms with Crippen molar-refractivity contribution in [3.8, 4) is 45.1 Å². The fraction of sp³-hybridized carbons (Fsp3) is 0. The van der Waals surface area contributed by atoms with Crippen LogP contribution in [0.3, 0.4) is 0 Å². The molecule has 6 heteroatoms. The van der Waals surface area contributed by atoms with Crippen LogP contribution in [0.15, 0.2) is 218 Å². The number of pyridine rings is 1. The van der Waals surface area contributed by atoms with Crippen molar-refractivity contribution < 1.29 is 44.1 Å². The molecule has 0 saturated heterocycles. The third-order valence-corrected chi connectivity index (χ3v) is 12.0. The number of hydrogen-bond donors (Lipinski definition) is 0. The molecule has 0 radical (unpaired) electrons. The maximum atomic E-state index is 9.04. The molecular formula is C60H36N4OPt-2. The van der Waals surface area contributed by atoms with Gasteiger partial charge in [0.25, 0.3) is 6.33 Å². The van der Waals surface area contributed by atoms with E-state index in [-0.39, 0.29) is 49.0 Å². The molecule has 0 aliphatic carbocycles. The summed E-state index contributed by atoms with van der Waals surface area (Å²) in [5.74, 6) is 0.768. The van der Waals surface area contributed by atoms with Gasteiger partial charge in [-0.3, -0.25) is 4.57 Å². The minimum Gasteiger partial charge on any atom is -0.510 e. The zero-order valence-corrected chi connectivity index (χ0v) is 36.8. The van der Waals surface area contributed by atoms with Gasteiger partial charge < -0.3 is 13.7 Å². The number of nitrogens with zero attached hydrogens (tertiary/aromatic N) is 4. The molecule has 4 heterocycles. The van der Waals surface area contributed by atoms with Gasteiger partial charge in [0.1, 0.15) is 5.65 Å². The molecule has 4 aromatic heterocycles. The largest absolute Gasteiger partial charge is 0.510 e. The number of rotatable bonds is 6. The van der Waals surface area contributed by atoms with E-state index in [1.54, 1.807) is 33.4 Å². The molecule has 0 fully saturated rings. The number of hydrogen-bond acceptors (Lipinski definition) is 2. The van der Waals surface area contributed by atoms with Crippen LogP contribution in [0, 0.1) is 18.5 Å². The van der Waals surface area contributed by atoms with Crippen LogP contribution in [0.25, 0.3) is 104 Å². The Kier molecular flexibility index (Phi) is 7.37. The molecule has 0 bridgehead atoms. The maximum Gasteiger partial charge on any atom is 0.268 e. The monoisotopic (exact) mass is 1030 g/mol. The predicted molar refractivity (Wildman–Crippen MR) is 264 cm³/mol. The van der Waals surface area contributed by atoms with E-state index in [0.29, 0.717) is 28.2 Å². The van der Waals surface area contributed by atoms with Crippen molar-refractivity contribution in [1.29, 1.82) is 0 Å². The van der Waals surface area contributed by atoms with Crippen molar-refractivity contribution >= 4 is 70.8 Å².